The van der Waals surface area contributed by atoms with E-state index in [1.165, 1.54) is 10.5 Å². The molecule has 0 aliphatic carbocycles. The van der Waals surface area contributed by atoms with Crippen LogP contribution in [0.25, 0.3) is 6.08 Å². The van der Waals surface area contributed by atoms with E-state index in [-0.39, 0.29) is 5.41 Å². The quantitative estimate of drug-likeness (QED) is 0.901. The molecule has 1 spiro atoms. The van der Waals surface area contributed by atoms with Crippen LogP contribution in [-0.4, -0.2) is 53.7 Å². The molecule has 3 rings (SSSR count). The molecule has 4 heteroatoms. The summed E-state index contributed by atoms with van der Waals surface area (Å²) < 4.78 is 0. The van der Waals surface area contributed by atoms with Gasteiger partial charge in [0.25, 0.3) is 0 Å². The Morgan fingerprint density at radius 3 is 2.53 bits per heavy atom. The SMILES string of the molecule is O=C(O)N1CC2(CN(CC=Cc3ccccc3)C2)C1. The Bertz CT molecular complexity index is 484. The number of hydrogen-bond acceptors (Lipinski definition) is 2. The molecular formula is C15H18N2O2. The number of likely N-dealkylation sites (tertiary alicyclic amines) is 2. The number of hydrogen-bond donors (Lipinski definition) is 1. The van der Waals surface area contributed by atoms with E-state index in [1.54, 1.807) is 0 Å². The third-order valence-corrected chi connectivity index (χ3v) is 3.91. The molecule has 1 aromatic carbocycles. The van der Waals surface area contributed by atoms with Gasteiger partial charge in [0.05, 0.1) is 0 Å². The van der Waals surface area contributed by atoms with Crippen molar-refractivity contribution < 1.29 is 9.90 Å². The lowest BCUT2D eigenvalue weighted by atomic mass is 9.73. The maximum atomic E-state index is 10.7. The first-order valence-electron chi connectivity index (χ1n) is 6.59. The highest BCUT2D eigenvalue weighted by Crippen LogP contribution is 2.39. The molecule has 100 valence electrons. The zero-order valence-corrected chi connectivity index (χ0v) is 10.8. The minimum atomic E-state index is -0.784. The second kappa shape index (κ2) is 4.70. The Balaban J connectivity index is 1.41. The van der Waals surface area contributed by atoms with Crippen LogP contribution in [0.2, 0.25) is 0 Å². The van der Waals surface area contributed by atoms with Crippen molar-refractivity contribution in [1.29, 1.82) is 0 Å². The fourth-order valence-electron chi connectivity index (χ4n) is 3.03. The zero-order chi connectivity index (χ0) is 13.3. The summed E-state index contributed by atoms with van der Waals surface area (Å²) in [6.07, 6.45) is 3.53. The summed E-state index contributed by atoms with van der Waals surface area (Å²) in [6.45, 7) is 4.41. The molecule has 2 saturated heterocycles. The molecule has 2 aliphatic heterocycles. The fourth-order valence-corrected chi connectivity index (χ4v) is 3.03. The van der Waals surface area contributed by atoms with Gasteiger partial charge in [0.2, 0.25) is 0 Å². The first kappa shape index (κ1) is 12.2. The van der Waals surface area contributed by atoms with Crippen molar-refractivity contribution >= 4 is 12.2 Å². The molecule has 0 unspecified atom stereocenters. The van der Waals surface area contributed by atoms with E-state index < -0.39 is 6.09 Å². The maximum Gasteiger partial charge on any atom is 0.407 e. The van der Waals surface area contributed by atoms with Crippen molar-refractivity contribution in [1.82, 2.24) is 9.80 Å². The van der Waals surface area contributed by atoms with Gasteiger partial charge in [-0.2, -0.15) is 0 Å². The molecule has 4 nitrogen and oxygen atoms in total. The summed E-state index contributed by atoms with van der Waals surface area (Å²) in [4.78, 5) is 14.6. The van der Waals surface area contributed by atoms with Crippen LogP contribution in [0, 0.1) is 5.41 Å². The van der Waals surface area contributed by atoms with Gasteiger partial charge in [0.15, 0.2) is 0 Å². The highest BCUT2D eigenvalue weighted by Gasteiger charge is 2.52. The molecule has 0 aromatic heterocycles. The molecule has 1 N–H and O–H groups in total. The Kier molecular flexibility index (Phi) is 3.03. The molecule has 19 heavy (non-hydrogen) atoms. The van der Waals surface area contributed by atoms with E-state index in [0.29, 0.717) is 13.1 Å². The molecule has 0 bridgehead atoms. The van der Waals surface area contributed by atoms with Crippen molar-refractivity contribution in [3.8, 4) is 0 Å². The third-order valence-electron chi connectivity index (χ3n) is 3.91. The monoisotopic (exact) mass is 258 g/mol. The lowest BCUT2D eigenvalue weighted by Gasteiger charge is -2.59. The van der Waals surface area contributed by atoms with Crippen LogP contribution in [0.1, 0.15) is 5.56 Å². The summed E-state index contributed by atoms with van der Waals surface area (Å²) in [5.74, 6) is 0. The van der Waals surface area contributed by atoms with Crippen molar-refractivity contribution in [3.05, 3.63) is 42.0 Å². The second-order valence-electron chi connectivity index (χ2n) is 5.62. The van der Waals surface area contributed by atoms with Gasteiger partial charge in [-0.15, -0.1) is 0 Å². The first-order valence-corrected chi connectivity index (χ1v) is 6.59. The Morgan fingerprint density at radius 2 is 1.89 bits per heavy atom. The Hall–Kier alpha value is -1.81. The average Bonchev–Trinajstić information content (AvgIpc) is 2.30. The minimum absolute atomic E-state index is 0.263. The van der Waals surface area contributed by atoms with Crippen LogP contribution in [0.5, 0.6) is 0 Å². The number of benzene rings is 1. The lowest BCUT2D eigenvalue weighted by molar-refractivity contribution is -0.0965. The molecule has 0 saturated carbocycles. The van der Waals surface area contributed by atoms with Gasteiger partial charge in [-0.1, -0.05) is 42.5 Å². The molecule has 1 aromatic rings. The first-order chi connectivity index (χ1) is 9.17. The molecule has 0 atom stereocenters. The Morgan fingerprint density at radius 1 is 1.21 bits per heavy atom. The number of rotatable bonds is 3. The summed E-state index contributed by atoms with van der Waals surface area (Å²) in [7, 11) is 0. The van der Waals surface area contributed by atoms with E-state index in [0.717, 1.165) is 19.6 Å². The predicted octanol–water partition coefficient (Wildman–Crippen LogP) is 2.00. The van der Waals surface area contributed by atoms with E-state index in [9.17, 15) is 4.79 Å². The van der Waals surface area contributed by atoms with Gasteiger partial charge >= 0.3 is 6.09 Å². The van der Waals surface area contributed by atoms with Crippen LogP contribution < -0.4 is 0 Å². The maximum absolute atomic E-state index is 10.7. The van der Waals surface area contributed by atoms with Gasteiger partial charge < -0.3 is 10.0 Å². The number of carboxylic acid groups (broad SMARTS) is 1. The summed E-state index contributed by atoms with van der Waals surface area (Å²) in [5, 5.41) is 8.82. The van der Waals surface area contributed by atoms with E-state index in [4.69, 9.17) is 5.11 Å². The van der Waals surface area contributed by atoms with Crippen molar-refractivity contribution in [2.75, 3.05) is 32.7 Å². The van der Waals surface area contributed by atoms with Crippen molar-refractivity contribution in [3.63, 3.8) is 0 Å². The van der Waals surface area contributed by atoms with E-state index >= 15 is 0 Å². The Labute approximate surface area is 112 Å². The van der Waals surface area contributed by atoms with Crippen molar-refractivity contribution in [2.24, 2.45) is 5.41 Å². The van der Waals surface area contributed by atoms with Crippen LogP contribution >= 0.6 is 0 Å². The van der Waals surface area contributed by atoms with Gasteiger partial charge in [-0.25, -0.2) is 4.79 Å². The van der Waals surface area contributed by atoms with E-state index in [2.05, 4.69) is 29.2 Å². The largest absolute Gasteiger partial charge is 0.465 e. The van der Waals surface area contributed by atoms with Gasteiger partial charge in [0, 0.05) is 38.1 Å². The molecule has 2 aliphatic rings. The van der Waals surface area contributed by atoms with Crippen LogP contribution in [0.4, 0.5) is 4.79 Å². The predicted molar refractivity (Wildman–Crippen MR) is 73.9 cm³/mol. The molecule has 0 radical (unpaired) electrons. The number of amides is 1. The van der Waals surface area contributed by atoms with Crippen LogP contribution in [0.15, 0.2) is 36.4 Å². The smallest absolute Gasteiger partial charge is 0.407 e. The summed E-state index contributed by atoms with van der Waals surface area (Å²) >= 11 is 0. The molecule has 1 amide bonds. The third kappa shape index (κ3) is 2.49. The van der Waals surface area contributed by atoms with Gasteiger partial charge in [-0.3, -0.25) is 4.90 Å². The molecule has 2 fully saturated rings. The van der Waals surface area contributed by atoms with Crippen LogP contribution in [-0.2, 0) is 0 Å². The van der Waals surface area contributed by atoms with Gasteiger partial charge in [0.1, 0.15) is 0 Å². The standard InChI is InChI=1S/C15H18N2O2/c18-14(19)17-11-15(12-17)9-16(10-15)8-4-7-13-5-2-1-3-6-13/h1-7H,8-12H2,(H,18,19). The highest BCUT2D eigenvalue weighted by atomic mass is 16.4. The molecule has 2 heterocycles. The molecular weight excluding hydrogens is 240 g/mol. The van der Waals surface area contributed by atoms with E-state index in [1.807, 2.05) is 18.2 Å². The van der Waals surface area contributed by atoms with Gasteiger partial charge in [-0.05, 0) is 5.56 Å². The minimum Gasteiger partial charge on any atom is -0.465 e. The lowest BCUT2D eigenvalue weighted by Crippen LogP contribution is -2.72. The summed E-state index contributed by atoms with van der Waals surface area (Å²) in [6, 6.07) is 10.3. The summed E-state index contributed by atoms with van der Waals surface area (Å²) in [5.41, 5.74) is 1.48. The normalized spacial score (nSPS) is 21.4. The highest BCUT2D eigenvalue weighted by molar-refractivity contribution is 5.66. The average molecular weight is 258 g/mol. The van der Waals surface area contributed by atoms with Crippen molar-refractivity contribution in [2.45, 2.75) is 0 Å². The number of nitrogens with zero attached hydrogens (tertiary/aromatic N) is 2. The fraction of sp³-hybridized carbons (Fsp3) is 0.400. The zero-order valence-electron chi connectivity index (χ0n) is 10.8. The topological polar surface area (TPSA) is 43.8 Å². The second-order valence-corrected chi connectivity index (χ2v) is 5.62. The number of carbonyl (C=O) groups is 1. The van der Waals surface area contributed by atoms with Crippen LogP contribution in [0.3, 0.4) is 0 Å².